The lowest BCUT2D eigenvalue weighted by atomic mass is 10.1. The molecule has 92 valence electrons. The largest absolute Gasteiger partial charge is 0.397 e. The van der Waals surface area contributed by atoms with Gasteiger partial charge in [-0.25, -0.2) is 0 Å². The molecule has 4 nitrogen and oxygen atoms in total. The fourth-order valence-electron chi connectivity index (χ4n) is 2.94. The van der Waals surface area contributed by atoms with Gasteiger partial charge < -0.3 is 10.5 Å². The summed E-state index contributed by atoms with van der Waals surface area (Å²) in [6, 6.07) is 4.55. The molecule has 1 saturated carbocycles. The molecule has 2 fully saturated rings. The van der Waals surface area contributed by atoms with E-state index in [4.69, 9.17) is 10.5 Å². The molecule has 2 unspecified atom stereocenters. The van der Waals surface area contributed by atoms with Crippen LogP contribution in [-0.4, -0.2) is 35.2 Å². The lowest BCUT2D eigenvalue weighted by Crippen LogP contribution is -2.47. The minimum Gasteiger partial charge on any atom is -0.397 e. The van der Waals surface area contributed by atoms with Crippen molar-refractivity contribution < 1.29 is 4.74 Å². The zero-order valence-electron chi connectivity index (χ0n) is 10.0. The van der Waals surface area contributed by atoms with Gasteiger partial charge in [-0.2, -0.15) is 0 Å². The number of nitrogens with zero attached hydrogens (tertiary/aromatic N) is 2. The highest BCUT2D eigenvalue weighted by Crippen LogP contribution is 2.30. The average molecular weight is 233 g/mol. The van der Waals surface area contributed by atoms with E-state index in [0.29, 0.717) is 12.1 Å². The van der Waals surface area contributed by atoms with E-state index in [1.807, 2.05) is 12.1 Å². The van der Waals surface area contributed by atoms with Crippen LogP contribution in [0.1, 0.15) is 25.0 Å². The Hall–Kier alpha value is -1.13. The highest BCUT2D eigenvalue weighted by atomic mass is 16.5. The summed E-state index contributed by atoms with van der Waals surface area (Å²) in [6.07, 6.45) is 5.97. The number of hydrogen-bond acceptors (Lipinski definition) is 4. The van der Waals surface area contributed by atoms with Gasteiger partial charge in [-0.05, 0) is 31.4 Å². The predicted molar refractivity (Wildman–Crippen MR) is 66.4 cm³/mol. The van der Waals surface area contributed by atoms with Gasteiger partial charge in [0.2, 0.25) is 0 Å². The number of pyridine rings is 1. The van der Waals surface area contributed by atoms with Crippen molar-refractivity contribution in [2.45, 2.75) is 38.0 Å². The summed E-state index contributed by atoms with van der Waals surface area (Å²) < 4.78 is 5.81. The second-order valence-corrected chi connectivity index (χ2v) is 4.96. The quantitative estimate of drug-likeness (QED) is 0.839. The predicted octanol–water partition coefficient (Wildman–Crippen LogP) is 1.42. The average Bonchev–Trinajstić information content (AvgIpc) is 2.81. The maximum Gasteiger partial charge on any atom is 0.0731 e. The van der Waals surface area contributed by atoms with Gasteiger partial charge in [0.1, 0.15) is 0 Å². The van der Waals surface area contributed by atoms with E-state index in [1.165, 1.54) is 19.3 Å². The third-order valence-corrected chi connectivity index (χ3v) is 3.81. The van der Waals surface area contributed by atoms with Gasteiger partial charge in [0.05, 0.1) is 30.3 Å². The summed E-state index contributed by atoms with van der Waals surface area (Å²) in [5.74, 6) is 0. The van der Waals surface area contributed by atoms with Gasteiger partial charge in [-0.3, -0.25) is 9.88 Å². The maximum atomic E-state index is 5.81. The number of aromatic nitrogens is 1. The van der Waals surface area contributed by atoms with Gasteiger partial charge in [0.15, 0.2) is 0 Å². The first-order valence-electron chi connectivity index (χ1n) is 6.39. The first kappa shape index (κ1) is 11.0. The third kappa shape index (κ3) is 2.28. The van der Waals surface area contributed by atoms with Crippen molar-refractivity contribution in [3.63, 3.8) is 0 Å². The number of morpholine rings is 1. The number of nitrogen functional groups attached to an aromatic ring is 1. The summed E-state index contributed by atoms with van der Waals surface area (Å²) >= 11 is 0. The molecule has 3 rings (SSSR count). The monoisotopic (exact) mass is 233 g/mol. The molecule has 1 aliphatic carbocycles. The Morgan fingerprint density at radius 1 is 1.41 bits per heavy atom. The molecule has 0 spiro atoms. The van der Waals surface area contributed by atoms with Crippen molar-refractivity contribution in [1.82, 2.24) is 9.88 Å². The van der Waals surface area contributed by atoms with Crippen molar-refractivity contribution in [3.8, 4) is 0 Å². The number of rotatable bonds is 2. The van der Waals surface area contributed by atoms with Crippen LogP contribution in [0.3, 0.4) is 0 Å². The highest BCUT2D eigenvalue weighted by molar-refractivity contribution is 5.34. The molecule has 2 N–H and O–H groups in total. The zero-order valence-corrected chi connectivity index (χ0v) is 10.0. The van der Waals surface area contributed by atoms with Crippen molar-refractivity contribution in [1.29, 1.82) is 0 Å². The van der Waals surface area contributed by atoms with Gasteiger partial charge in [-0.1, -0.05) is 0 Å². The van der Waals surface area contributed by atoms with E-state index >= 15 is 0 Å². The topological polar surface area (TPSA) is 51.4 Å². The van der Waals surface area contributed by atoms with Gasteiger partial charge >= 0.3 is 0 Å². The van der Waals surface area contributed by atoms with E-state index in [0.717, 1.165) is 31.1 Å². The second-order valence-electron chi connectivity index (χ2n) is 4.96. The summed E-state index contributed by atoms with van der Waals surface area (Å²) in [6.45, 7) is 2.80. The molecular formula is C13H19N3O. The van der Waals surface area contributed by atoms with Gasteiger partial charge in [-0.15, -0.1) is 0 Å². The Morgan fingerprint density at radius 2 is 2.35 bits per heavy atom. The molecular weight excluding hydrogens is 214 g/mol. The SMILES string of the molecule is Nc1ccc(CN2CCOC3CCCC32)nc1. The molecule has 1 aliphatic heterocycles. The summed E-state index contributed by atoms with van der Waals surface area (Å²) in [4.78, 5) is 6.89. The van der Waals surface area contributed by atoms with E-state index < -0.39 is 0 Å². The Bertz CT molecular complexity index is 379. The first-order valence-corrected chi connectivity index (χ1v) is 6.39. The van der Waals surface area contributed by atoms with Crippen molar-refractivity contribution in [2.75, 3.05) is 18.9 Å². The smallest absolute Gasteiger partial charge is 0.0731 e. The zero-order chi connectivity index (χ0) is 11.7. The number of fused-ring (bicyclic) bond motifs is 1. The minimum atomic E-state index is 0.456. The second kappa shape index (κ2) is 4.63. The molecule has 1 aromatic heterocycles. The standard InChI is InChI=1S/C13H19N3O/c14-10-4-5-11(15-8-10)9-16-6-7-17-13-3-1-2-12(13)16/h4-5,8,12-13H,1-3,6-7,9,14H2. The fraction of sp³-hybridized carbons (Fsp3) is 0.615. The molecule has 1 aromatic rings. The Labute approximate surface area is 102 Å². The molecule has 0 radical (unpaired) electrons. The molecule has 2 atom stereocenters. The lowest BCUT2D eigenvalue weighted by Gasteiger charge is -2.37. The van der Waals surface area contributed by atoms with Crippen LogP contribution in [-0.2, 0) is 11.3 Å². The van der Waals surface area contributed by atoms with Crippen LogP contribution in [0.5, 0.6) is 0 Å². The van der Waals surface area contributed by atoms with Crippen molar-refractivity contribution in [3.05, 3.63) is 24.0 Å². The highest BCUT2D eigenvalue weighted by Gasteiger charge is 2.35. The van der Waals surface area contributed by atoms with Gasteiger partial charge in [0.25, 0.3) is 0 Å². The third-order valence-electron chi connectivity index (χ3n) is 3.81. The summed E-state index contributed by atoms with van der Waals surface area (Å²) in [7, 11) is 0. The molecule has 1 saturated heterocycles. The van der Waals surface area contributed by atoms with Crippen LogP contribution < -0.4 is 5.73 Å². The number of hydrogen-bond donors (Lipinski definition) is 1. The van der Waals surface area contributed by atoms with Crippen LogP contribution in [0.2, 0.25) is 0 Å². The van der Waals surface area contributed by atoms with E-state index in [-0.39, 0.29) is 0 Å². The van der Waals surface area contributed by atoms with Crippen LogP contribution in [0, 0.1) is 0 Å². The van der Waals surface area contributed by atoms with Gasteiger partial charge in [0, 0.05) is 19.1 Å². The lowest BCUT2D eigenvalue weighted by molar-refractivity contribution is -0.0592. The molecule has 0 aromatic carbocycles. The molecule has 0 bridgehead atoms. The van der Waals surface area contributed by atoms with Crippen molar-refractivity contribution >= 4 is 5.69 Å². The normalized spacial score (nSPS) is 29.2. The Morgan fingerprint density at radius 3 is 3.18 bits per heavy atom. The van der Waals surface area contributed by atoms with E-state index in [9.17, 15) is 0 Å². The fourth-order valence-corrected chi connectivity index (χ4v) is 2.94. The van der Waals surface area contributed by atoms with Crippen LogP contribution in [0.25, 0.3) is 0 Å². The number of anilines is 1. The minimum absolute atomic E-state index is 0.456. The van der Waals surface area contributed by atoms with Crippen LogP contribution >= 0.6 is 0 Å². The van der Waals surface area contributed by atoms with E-state index in [2.05, 4.69) is 9.88 Å². The Kier molecular flexibility index (Phi) is 2.99. The molecule has 0 amide bonds. The molecule has 4 heteroatoms. The molecule has 17 heavy (non-hydrogen) atoms. The Balaban J connectivity index is 1.69. The maximum absolute atomic E-state index is 5.81. The first-order chi connectivity index (χ1) is 8.33. The van der Waals surface area contributed by atoms with Crippen LogP contribution in [0.15, 0.2) is 18.3 Å². The summed E-state index contributed by atoms with van der Waals surface area (Å²) in [5, 5.41) is 0. The molecule has 2 heterocycles. The van der Waals surface area contributed by atoms with Crippen molar-refractivity contribution in [2.24, 2.45) is 0 Å². The summed E-state index contributed by atoms with van der Waals surface area (Å²) in [5.41, 5.74) is 7.48. The van der Waals surface area contributed by atoms with Crippen LogP contribution in [0.4, 0.5) is 5.69 Å². The molecule has 2 aliphatic rings. The number of nitrogens with two attached hydrogens (primary N) is 1. The van der Waals surface area contributed by atoms with E-state index in [1.54, 1.807) is 6.20 Å². The number of ether oxygens (including phenoxy) is 1.